The Morgan fingerprint density at radius 3 is 2.40 bits per heavy atom. The van der Waals surface area contributed by atoms with Crippen LogP contribution in [0, 0.1) is 0 Å². The molecule has 1 atom stereocenters. The molecule has 0 bridgehead atoms. The van der Waals surface area contributed by atoms with Gasteiger partial charge in [-0.3, -0.25) is 0 Å². The van der Waals surface area contributed by atoms with Crippen LogP contribution in [-0.2, 0) is 5.41 Å². The minimum atomic E-state index is 0.196. The quantitative estimate of drug-likeness (QED) is 0.903. The highest BCUT2D eigenvalue weighted by Gasteiger charge is 2.45. The first-order valence-corrected chi connectivity index (χ1v) is 7.40. The first kappa shape index (κ1) is 13.3. The number of nitrogens with zero attached hydrogens (tertiary/aromatic N) is 2. The third-order valence-corrected chi connectivity index (χ3v) is 4.47. The summed E-state index contributed by atoms with van der Waals surface area (Å²) < 4.78 is 0. The Kier molecular flexibility index (Phi) is 3.79. The van der Waals surface area contributed by atoms with Crippen LogP contribution in [-0.4, -0.2) is 16.5 Å². The van der Waals surface area contributed by atoms with Crippen molar-refractivity contribution in [2.45, 2.75) is 37.6 Å². The van der Waals surface area contributed by atoms with Crippen molar-refractivity contribution in [3.05, 3.63) is 60.2 Å². The number of likely N-dealkylation sites (N-methyl/N-ethyl adjacent to an activating group) is 1. The zero-order valence-electron chi connectivity index (χ0n) is 11.9. The Morgan fingerprint density at radius 1 is 1.15 bits per heavy atom. The van der Waals surface area contributed by atoms with Crippen LogP contribution in [0.2, 0.25) is 0 Å². The molecule has 0 saturated heterocycles. The van der Waals surface area contributed by atoms with Crippen molar-refractivity contribution in [3.8, 4) is 0 Å². The van der Waals surface area contributed by atoms with Crippen LogP contribution in [0.25, 0.3) is 0 Å². The summed E-state index contributed by atoms with van der Waals surface area (Å²) >= 11 is 0. The van der Waals surface area contributed by atoms with E-state index >= 15 is 0 Å². The van der Waals surface area contributed by atoms with Crippen molar-refractivity contribution in [3.63, 3.8) is 0 Å². The molecule has 1 aliphatic carbocycles. The lowest BCUT2D eigenvalue weighted by Crippen LogP contribution is -2.46. The molecule has 0 radical (unpaired) electrons. The molecule has 0 amide bonds. The molecule has 2 aromatic rings. The Labute approximate surface area is 120 Å². The third kappa shape index (κ3) is 2.22. The number of aromatic nitrogens is 2. The molecule has 0 spiro atoms. The van der Waals surface area contributed by atoms with Crippen molar-refractivity contribution < 1.29 is 0 Å². The largest absolute Gasteiger partial charge is 0.309 e. The molecule has 1 saturated carbocycles. The number of hydrogen-bond acceptors (Lipinski definition) is 3. The lowest BCUT2D eigenvalue weighted by Gasteiger charge is -2.48. The van der Waals surface area contributed by atoms with Crippen LogP contribution in [0.15, 0.2) is 49.1 Å². The van der Waals surface area contributed by atoms with E-state index < -0.39 is 0 Å². The Morgan fingerprint density at radius 2 is 1.85 bits per heavy atom. The predicted octanol–water partition coefficient (Wildman–Crippen LogP) is 3.25. The summed E-state index contributed by atoms with van der Waals surface area (Å²) in [7, 11) is 0. The highest BCUT2D eigenvalue weighted by atomic mass is 14.9. The zero-order valence-corrected chi connectivity index (χ0v) is 11.9. The minimum Gasteiger partial charge on any atom is -0.309 e. The van der Waals surface area contributed by atoms with Gasteiger partial charge >= 0.3 is 0 Å². The van der Waals surface area contributed by atoms with Gasteiger partial charge in [-0.25, -0.2) is 9.97 Å². The van der Waals surface area contributed by atoms with E-state index in [0.29, 0.717) is 6.04 Å². The molecule has 3 heteroatoms. The molecule has 1 unspecified atom stereocenters. The summed E-state index contributed by atoms with van der Waals surface area (Å²) in [4.78, 5) is 8.40. The van der Waals surface area contributed by atoms with E-state index in [2.05, 4.69) is 52.5 Å². The van der Waals surface area contributed by atoms with Gasteiger partial charge in [0.15, 0.2) is 0 Å². The highest BCUT2D eigenvalue weighted by molar-refractivity contribution is 5.34. The van der Waals surface area contributed by atoms with Gasteiger partial charge in [-0.15, -0.1) is 0 Å². The van der Waals surface area contributed by atoms with Gasteiger partial charge in [0.25, 0.3) is 0 Å². The fourth-order valence-electron chi connectivity index (χ4n) is 3.37. The molecule has 3 rings (SSSR count). The van der Waals surface area contributed by atoms with Gasteiger partial charge in [-0.2, -0.15) is 0 Å². The zero-order chi connectivity index (χ0) is 13.8. The molecule has 104 valence electrons. The van der Waals surface area contributed by atoms with Gasteiger partial charge in [-0.05, 0) is 24.9 Å². The van der Waals surface area contributed by atoms with Crippen LogP contribution < -0.4 is 5.32 Å². The smallest absolute Gasteiger partial charge is 0.115 e. The van der Waals surface area contributed by atoms with E-state index in [-0.39, 0.29) is 5.41 Å². The summed E-state index contributed by atoms with van der Waals surface area (Å²) in [6, 6.07) is 11.2. The summed E-state index contributed by atoms with van der Waals surface area (Å²) in [6.45, 7) is 3.11. The first-order valence-electron chi connectivity index (χ1n) is 7.40. The highest BCUT2D eigenvalue weighted by Crippen LogP contribution is 2.51. The molecule has 3 nitrogen and oxygen atoms in total. The summed E-state index contributed by atoms with van der Waals surface area (Å²) in [6.07, 6.45) is 9.24. The van der Waals surface area contributed by atoms with Gasteiger partial charge in [-0.1, -0.05) is 43.7 Å². The van der Waals surface area contributed by atoms with E-state index in [0.717, 1.165) is 6.54 Å². The second kappa shape index (κ2) is 5.71. The van der Waals surface area contributed by atoms with Gasteiger partial charge in [0.1, 0.15) is 6.33 Å². The fraction of sp³-hybridized carbons (Fsp3) is 0.412. The van der Waals surface area contributed by atoms with Crippen LogP contribution >= 0.6 is 0 Å². The van der Waals surface area contributed by atoms with E-state index in [1.807, 2.05) is 12.4 Å². The van der Waals surface area contributed by atoms with Crippen molar-refractivity contribution in [1.82, 2.24) is 15.3 Å². The summed E-state index contributed by atoms with van der Waals surface area (Å²) in [5.74, 6) is 0. The van der Waals surface area contributed by atoms with Crippen LogP contribution in [0.3, 0.4) is 0 Å². The average molecular weight is 267 g/mol. The Hall–Kier alpha value is -1.74. The van der Waals surface area contributed by atoms with E-state index in [1.54, 1.807) is 6.33 Å². The molecule has 1 aliphatic rings. The molecule has 1 heterocycles. The molecule has 1 N–H and O–H groups in total. The van der Waals surface area contributed by atoms with E-state index in [1.165, 1.54) is 30.4 Å². The average Bonchev–Trinajstić information content (AvgIpc) is 2.47. The molecular weight excluding hydrogens is 246 g/mol. The second-order valence-corrected chi connectivity index (χ2v) is 5.54. The second-order valence-electron chi connectivity index (χ2n) is 5.54. The number of nitrogens with one attached hydrogen (secondary N) is 1. The summed E-state index contributed by atoms with van der Waals surface area (Å²) in [5, 5.41) is 3.66. The first-order chi connectivity index (χ1) is 9.87. The van der Waals surface area contributed by atoms with Gasteiger partial charge in [0.05, 0.1) is 0 Å². The molecule has 0 aliphatic heterocycles. The topological polar surface area (TPSA) is 37.8 Å². The van der Waals surface area contributed by atoms with E-state index in [9.17, 15) is 0 Å². The molecule has 1 fully saturated rings. The monoisotopic (exact) mass is 267 g/mol. The SMILES string of the molecule is CCNC(c1cncnc1)C1(c2ccccc2)CCC1. The summed E-state index contributed by atoms with van der Waals surface area (Å²) in [5.41, 5.74) is 2.82. The van der Waals surface area contributed by atoms with Crippen molar-refractivity contribution in [2.24, 2.45) is 0 Å². The van der Waals surface area contributed by atoms with Crippen molar-refractivity contribution >= 4 is 0 Å². The molecular formula is C17H21N3. The van der Waals surface area contributed by atoms with Gasteiger partial charge < -0.3 is 5.32 Å². The van der Waals surface area contributed by atoms with E-state index in [4.69, 9.17) is 0 Å². The maximum Gasteiger partial charge on any atom is 0.115 e. The lowest BCUT2D eigenvalue weighted by atomic mass is 9.59. The number of rotatable bonds is 5. The van der Waals surface area contributed by atoms with Gasteiger partial charge in [0.2, 0.25) is 0 Å². The van der Waals surface area contributed by atoms with Crippen molar-refractivity contribution in [2.75, 3.05) is 6.54 Å². The fourth-order valence-corrected chi connectivity index (χ4v) is 3.37. The van der Waals surface area contributed by atoms with Crippen molar-refractivity contribution in [1.29, 1.82) is 0 Å². The Bertz CT molecular complexity index is 535. The lowest BCUT2D eigenvalue weighted by molar-refractivity contribution is 0.170. The number of benzene rings is 1. The standard InChI is InChI=1S/C17H21N3/c1-2-20-16(14-11-18-13-19-12-14)17(9-6-10-17)15-7-4-3-5-8-15/h3-5,7-8,11-13,16,20H,2,6,9-10H2,1H3. The molecule has 1 aromatic carbocycles. The van der Waals surface area contributed by atoms with Gasteiger partial charge in [0, 0.05) is 29.4 Å². The van der Waals surface area contributed by atoms with Crippen LogP contribution in [0.5, 0.6) is 0 Å². The maximum absolute atomic E-state index is 4.20. The minimum absolute atomic E-state index is 0.196. The predicted molar refractivity (Wildman–Crippen MR) is 80.4 cm³/mol. The maximum atomic E-state index is 4.20. The third-order valence-electron chi connectivity index (χ3n) is 4.47. The Balaban J connectivity index is 2.01. The normalized spacial score (nSPS) is 18.2. The molecule has 1 aromatic heterocycles. The van der Waals surface area contributed by atoms with Crippen LogP contribution in [0.4, 0.5) is 0 Å². The molecule has 20 heavy (non-hydrogen) atoms. The van der Waals surface area contributed by atoms with Crippen LogP contribution in [0.1, 0.15) is 43.4 Å². The number of hydrogen-bond donors (Lipinski definition) is 1.